The molecule has 3 heterocycles. The van der Waals surface area contributed by atoms with Crippen molar-refractivity contribution < 1.29 is 0 Å². The topological polar surface area (TPSA) is 43.6 Å². The third-order valence-electron chi connectivity index (χ3n) is 10.7. The van der Waals surface area contributed by atoms with E-state index in [-0.39, 0.29) is 0 Å². The zero-order chi connectivity index (χ0) is 37.0. The van der Waals surface area contributed by atoms with E-state index < -0.39 is 0 Å². The van der Waals surface area contributed by atoms with Gasteiger partial charge in [0.15, 0.2) is 17.5 Å². The highest BCUT2D eigenvalue weighted by atomic mass is 32.1. The molecule has 0 spiro atoms. The minimum Gasteiger partial charge on any atom is -0.308 e. The van der Waals surface area contributed by atoms with Crippen molar-refractivity contribution in [1.29, 1.82) is 0 Å². The Morgan fingerprint density at radius 2 is 0.875 bits per heavy atom. The molecule has 0 fully saturated rings. The first-order valence-corrected chi connectivity index (χ1v) is 19.6. The summed E-state index contributed by atoms with van der Waals surface area (Å²) >= 11 is 1.86. The van der Waals surface area contributed by atoms with Crippen molar-refractivity contribution in [2.75, 3.05) is 0 Å². The van der Waals surface area contributed by atoms with Crippen LogP contribution in [0.25, 0.3) is 104 Å². The van der Waals surface area contributed by atoms with Crippen molar-refractivity contribution in [3.63, 3.8) is 0 Å². The third kappa shape index (κ3) is 5.32. The predicted octanol–water partition coefficient (Wildman–Crippen LogP) is 13.7. The summed E-state index contributed by atoms with van der Waals surface area (Å²) in [6, 6.07) is 68.6. The summed E-state index contributed by atoms with van der Waals surface area (Å²) in [5.74, 6) is 1.88. The van der Waals surface area contributed by atoms with Gasteiger partial charge >= 0.3 is 0 Å². The molecular weight excluding hydrogens is 701 g/mol. The molecule has 0 aliphatic heterocycles. The number of hydrogen-bond acceptors (Lipinski definition) is 4. The molecule has 3 aromatic heterocycles. The lowest BCUT2D eigenvalue weighted by molar-refractivity contribution is 1.06. The minimum absolute atomic E-state index is 0.614. The Balaban J connectivity index is 1.22. The molecule has 0 aliphatic carbocycles. The van der Waals surface area contributed by atoms with E-state index >= 15 is 0 Å². The molecule has 0 amide bonds. The number of hydrogen-bond donors (Lipinski definition) is 0. The lowest BCUT2D eigenvalue weighted by atomic mass is 9.98. The van der Waals surface area contributed by atoms with Gasteiger partial charge in [0.1, 0.15) is 0 Å². The highest BCUT2D eigenvalue weighted by Gasteiger charge is 2.24. The van der Waals surface area contributed by atoms with Gasteiger partial charge in [-0.3, -0.25) is 0 Å². The second-order valence-electron chi connectivity index (χ2n) is 14.0. The van der Waals surface area contributed by atoms with Gasteiger partial charge in [-0.25, -0.2) is 15.0 Å². The van der Waals surface area contributed by atoms with E-state index in [2.05, 4.69) is 162 Å². The Morgan fingerprint density at radius 1 is 0.339 bits per heavy atom. The molecule has 8 aromatic carbocycles. The summed E-state index contributed by atoms with van der Waals surface area (Å²) in [5, 5.41) is 5.01. The highest BCUT2D eigenvalue weighted by Crippen LogP contribution is 2.45. The molecule has 262 valence electrons. The maximum Gasteiger partial charge on any atom is 0.166 e. The van der Waals surface area contributed by atoms with Crippen LogP contribution in [0.4, 0.5) is 0 Å². The quantitative estimate of drug-likeness (QED) is 0.171. The summed E-state index contributed by atoms with van der Waals surface area (Å²) in [6.07, 6.45) is 0. The van der Waals surface area contributed by atoms with E-state index in [9.17, 15) is 0 Å². The second-order valence-corrected chi connectivity index (χ2v) is 15.1. The van der Waals surface area contributed by atoms with Gasteiger partial charge < -0.3 is 4.57 Å². The van der Waals surface area contributed by atoms with Gasteiger partial charge in [0.2, 0.25) is 0 Å². The van der Waals surface area contributed by atoms with Gasteiger partial charge in [-0.05, 0) is 47.0 Å². The van der Waals surface area contributed by atoms with Gasteiger partial charge in [0.25, 0.3) is 0 Å². The Hall–Kier alpha value is -7.21. The third-order valence-corrected chi connectivity index (χ3v) is 11.8. The number of nitrogens with zero attached hydrogens (tertiary/aromatic N) is 4. The number of aromatic nitrogens is 4. The first-order chi connectivity index (χ1) is 27.8. The molecule has 0 bridgehead atoms. The maximum absolute atomic E-state index is 5.24. The van der Waals surface area contributed by atoms with Crippen LogP contribution in [-0.2, 0) is 0 Å². The number of rotatable bonds is 6. The van der Waals surface area contributed by atoms with Crippen molar-refractivity contribution in [2.45, 2.75) is 0 Å². The SMILES string of the molecule is c1ccc(-c2nc(-c3ccccc3)nc(-c3cccc(-c4ccccc4)c3-n3c4ccccc4c4c(-c5ccc6c(c5)sc5ccccc56)cccc43)n2)cc1. The zero-order valence-corrected chi connectivity index (χ0v) is 31.0. The molecule has 11 aromatic rings. The normalized spacial score (nSPS) is 11.6. The van der Waals surface area contributed by atoms with Crippen LogP contribution in [0, 0.1) is 0 Å². The smallest absolute Gasteiger partial charge is 0.166 e. The number of fused-ring (bicyclic) bond motifs is 6. The molecule has 4 nitrogen and oxygen atoms in total. The number of para-hydroxylation sites is 2. The Kier molecular flexibility index (Phi) is 7.64. The van der Waals surface area contributed by atoms with Crippen LogP contribution in [0.1, 0.15) is 0 Å². The fraction of sp³-hybridized carbons (Fsp3) is 0. The van der Waals surface area contributed by atoms with Crippen LogP contribution in [0.2, 0.25) is 0 Å². The molecule has 0 saturated heterocycles. The summed E-state index contributed by atoms with van der Waals surface area (Å²) in [7, 11) is 0. The largest absolute Gasteiger partial charge is 0.308 e. The van der Waals surface area contributed by atoms with Crippen molar-refractivity contribution in [3.05, 3.63) is 194 Å². The molecule has 0 unspecified atom stereocenters. The molecule has 56 heavy (non-hydrogen) atoms. The Bertz CT molecular complexity index is 3180. The number of thiophene rings is 1. The Labute approximate surface area is 327 Å². The molecule has 0 aliphatic rings. The van der Waals surface area contributed by atoms with E-state index in [4.69, 9.17) is 15.0 Å². The van der Waals surface area contributed by atoms with Gasteiger partial charge in [-0.15, -0.1) is 11.3 Å². The molecule has 11 rings (SSSR count). The standard InChI is InChI=1S/C51H32N4S/c1-4-16-33(17-5-1)38-25-14-26-42(51-53-49(34-18-6-2-7-19-34)52-50(54-51)35-20-8-3-9-21-35)48(38)55-43-27-12-10-23-41(43)47-37(24-15-28-44(47)55)36-30-31-40-39-22-11-13-29-45(39)56-46(40)32-36/h1-32H. The molecule has 0 saturated carbocycles. The molecule has 0 atom stereocenters. The monoisotopic (exact) mass is 732 g/mol. The van der Waals surface area contributed by atoms with E-state index in [0.717, 1.165) is 44.5 Å². The van der Waals surface area contributed by atoms with Crippen LogP contribution in [0.5, 0.6) is 0 Å². The highest BCUT2D eigenvalue weighted by molar-refractivity contribution is 7.25. The molecular formula is C51H32N4S. The molecule has 5 heteroatoms. The van der Waals surface area contributed by atoms with Crippen molar-refractivity contribution in [2.24, 2.45) is 0 Å². The predicted molar refractivity (Wildman–Crippen MR) is 234 cm³/mol. The first kappa shape index (κ1) is 32.2. The summed E-state index contributed by atoms with van der Waals surface area (Å²) in [6.45, 7) is 0. The fourth-order valence-electron chi connectivity index (χ4n) is 8.14. The van der Waals surface area contributed by atoms with Gasteiger partial charge in [0.05, 0.1) is 16.7 Å². The van der Waals surface area contributed by atoms with Gasteiger partial charge in [-0.1, -0.05) is 164 Å². The average Bonchev–Trinajstić information content (AvgIpc) is 3.82. The van der Waals surface area contributed by atoms with Crippen LogP contribution in [0.15, 0.2) is 194 Å². The minimum atomic E-state index is 0.614. The summed E-state index contributed by atoms with van der Waals surface area (Å²) in [5.41, 5.74) is 10.6. The maximum atomic E-state index is 5.24. The molecule has 0 N–H and O–H groups in total. The van der Waals surface area contributed by atoms with Crippen molar-refractivity contribution in [3.8, 4) is 62.1 Å². The summed E-state index contributed by atoms with van der Waals surface area (Å²) in [4.78, 5) is 15.5. The number of benzene rings is 8. The van der Waals surface area contributed by atoms with Crippen LogP contribution >= 0.6 is 11.3 Å². The lowest BCUT2D eigenvalue weighted by Gasteiger charge is -2.19. The van der Waals surface area contributed by atoms with Crippen LogP contribution < -0.4 is 0 Å². The average molecular weight is 733 g/mol. The van der Waals surface area contributed by atoms with E-state index in [1.807, 2.05) is 47.7 Å². The summed E-state index contributed by atoms with van der Waals surface area (Å²) < 4.78 is 5.03. The second kappa shape index (κ2) is 13.3. The van der Waals surface area contributed by atoms with E-state index in [1.54, 1.807) is 0 Å². The molecule has 0 radical (unpaired) electrons. The van der Waals surface area contributed by atoms with Gasteiger partial charge in [-0.2, -0.15) is 0 Å². The zero-order valence-electron chi connectivity index (χ0n) is 30.2. The van der Waals surface area contributed by atoms with Crippen molar-refractivity contribution >= 4 is 53.3 Å². The van der Waals surface area contributed by atoms with E-state index in [1.165, 1.54) is 42.1 Å². The van der Waals surface area contributed by atoms with E-state index in [0.29, 0.717) is 17.5 Å². The van der Waals surface area contributed by atoms with Gasteiger partial charge in [0, 0.05) is 53.2 Å². The first-order valence-electron chi connectivity index (χ1n) is 18.8. The van der Waals surface area contributed by atoms with Crippen molar-refractivity contribution in [1.82, 2.24) is 19.5 Å². The lowest BCUT2D eigenvalue weighted by Crippen LogP contribution is -2.05. The fourth-order valence-corrected chi connectivity index (χ4v) is 9.28. The Morgan fingerprint density at radius 3 is 1.61 bits per heavy atom. The van der Waals surface area contributed by atoms with Crippen LogP contribution in [0.3, 0.4) is 0 Å². The van der Waals surface area contributed by atoms with Crippen LogP contribution in [-0.4, -0.2) is 19.5 Å².